The minimum atomic E-state index is -3.51. The number of nitrogens with one attached hydrogen (secondary N) is 2. The van der Waals surface area contributed by atoms with Crippen LogP contribution in [0.25, 0.3) is 0 Å². The fourth-order valence-corrected chi connectivity index (χ4v) is 5.44. The molecule has 2 aliphatic rings. The maximum Gasteiger partial charge on any atom is 0.243 e. The Kier molecular flexibility index (Phi) is 6.86. The van der Waals surface area contributed by atoms with Crippen LogP contribution in [-0.2, 0) is 21.4 Å². The van der Waals surface area contributed by atoms with Gasteiger partial charge >= 0.3 is 0 Å². The van der Waals surface area contributed by atoms with Gasteiger partial charge in [0.25, 0.3) is 0 Å². The zero-order valence-electron chi connectivity index (χ0n) is 16.0. The zero-order valence-corrected chi connectivity index (χ0v) is 16.8. The molecule has 2 N–H and O–H groups in total. The van der Waals surface area contributed by atoms with E-state index in [4.69, 9.17) is 0 Å². The van der Waals surface area contributed by atoms with Crippen molar-refractivity contribution in [2.75, 3.05) is 39.3 Å². The number of benzene rings is 1. The first-order valence-electron chi connectivity index (χ1n) is 9.78. The second kappa shape index (κ2) is 9.14. The lowest BCUT2D eigenvalue weighted by Crippen LogP contribution is -2.52. The Bertz CT molecular complexity index is 747. The van der Waals surface area contributed by atoms with E-state index in [1.807, 2.05) is 6.07 Å². The molecular weight excluding hydrogens is 364 g/mol. The number of piperidine rings is 1. The van der Waals surface area contributed by atoms with Crippen LogP contribution in [0.15, 0.2) is 29.2 Å². The summed E-state index contributed by atoms with van der Waals surface area (Å²) < 4.78 is 27.6. The third-order valence-electron chi connectivity index (χ3n) is 5.37. The highest BCUT2D eigenvalue weighted by atomic mass is 32.2. The molecule has 0 aromatic heterocycles. The molecular formula is C19H30N4O3S. The van der Waals surface area contributed by atoms with Gasteiger partial charge in [-0.05, 0) is 31.4 Å². The van der Waals surface area contributed by atoms with Crippen LogP contribution < -0.4 is 10.6 Å². The fourth-order valence-electron chi connectivity index (χ4n) is 3.70. The van der Waals surface area contributed by atoms with Gasteiger partial charge in [0.05, 0.1) is 11.4 Å². The summed E-state index contributed by atoms with van der Waals surface area (Å²) in [6, 6.07) is 7.30. The van der Waals surface area contributed by atoms with Crippen molar-refractivity contribution in [3.05, 3.63) is 29.8 Å². The van der Waals surface area contributed by atoms with Gasteiger partial charge in [0, 0.05) is 45.3 Å². The predicted octanol–water partition coefficient (Wildman–Crippen LogP) is 0.771. The van der Waals surface area contributed by atoms with Crippen molar-refractivity contribution in [2.45, 2.75) is 43.7 Å². The monoisotopic (exact) mass is 394 g/mol. The third-order valence-corrected chi connectivity index (χ3v) is 7.37. The van der Waals surface area contributed by atoms with Crippen LogP contribution in [0, 0.1) is 0 Å². The number of carbonyl (C=O) groups is 1. The zero-order chi connectivity index (χ0) is 19.3. The normalized spacial score (nSPS) is 22.5. The van der Waals surface area contributed by atoms with Crippen LogP contribution in [0.2, 0.25) is 0 Å². The summed E-state index contributed by atoms with van der Waals surface area (Å²) in [5.74, 6) is -0.0751. The Morgan fingerprint density at radius 2 is 1.93 bits per heavy atom. The number of hydrogen-bond acceptors (Lipinski definition) is 5. The SMILES string of the molecule is C[C@H]1CNCCN1CC(=O)NCc1ccccc1S(=O)(=O)N1CCCCC1. The lowest BCUT2D eigenvalue weighted by atomic mass is 10.2. The van der Waals surface area contributed by atoms with Crippen molar-refractivity contribution in [1.29, 1.82) is 0 Å². The van der Waals surface area contributed by atoms with Crippen LogP contribution in [0.5, 0.6) is 0 Å². The molecule has 2 aliphatic heterocycles. The Morgan fingerprint density at radius 1 is 1.19 bits per heavy atom. The van der Waals surface area contributed by atoms with E-state index in [0.717, 1.165) is 38.9 Å². The summed E-state index contributed by atoms with van der Waals surface area (Å²) in [5.41, 5.74) is 0.643. The summed E-state index contributed by atoms with van der Waals surface area (Å²) in [4.78, 5) is 14.8. The Balaban J connectivity index is 1.64. The van der Waals surface area contributed by atoms with Crippen LogP contribution in [0.3, 0.4) is 0 Å². The van der Waals surface area contributed by atoms with Crippen molar-refractivity contribution < 1.29 is 13.2 Å². The molecule has 2 heterocycles. The maximum atomic E-state index is 13.0. The van der Waals surface area contributed by atoms with Crippen LogP contribution >= 0.6 is 0 Å². The molecule has 2 fully saturated rings. The molecule has 0 bridgehead atoms. The number of carbonyl (C=O) groups excluding carboxylic acids is 1. The van der Waals surface area contributed by atoms with E-state index in [1.165, 1.54) is 0 Å². The smallest absolute Gasteiger partial charge is 0.243 e. The third kappa shape index (κ3) is 5.07. The molecule has 1 aromatic rings. The van der Waals surface area contributed by atoms with Gasteiger partial charge in [-0.15, -0.1) is 0 Å². The minimum Gasteiger partial charge on any atom is -0.351 e. The molecule has 0 radical (unpaired) electrons. The Hall–Kier alpha value is -1.48. The topological polar surface area (TPSA) is 81.8 Å². The fraction of sp³-hybridized carbons (Fsp3) is 0.632. The van der Waals surface area contributed by atoms with Crippen molar-refractivity contribution in [3.8, 4) is 0 Å². The average molecular weight is 395 g/mol. The van der Waals surface area contributed by atoms with E-state index >= 15 is 0 Å². The van der Waals surface area contributed by atoms with E-state index in [2.05, 4.69) is 22.5 Å². The van der Waals surface area contributed by atoms with Gasteiger partial charge in [-0.1, -0.05) is 24.6 Å². The Morgan fingerprint density at radius 3 is 2.67 bits per heavy atom. The highest BCUT2D eigenvalue weighted by Crippen LogP contribution is 2.23. The van der Waals surface area contributed by atoms with Gasteiger partial charge in [0.15, 0.2) is 0 Å². The molecule has 1 amide bonds. The van der Waals surface area contributed by atoms with Crippen molar-refractivity contribution in [1.82, 2.24) is 19.8 Å². The van der Waals surface area contributed by atoms with E-state index in [0.29, 0.717) is 36.1 Å². The van der Waals surface area contributed by atoms with Crippen molar-refractivity contribution >= 4 is 15.9 Å². The largest absolute Gasteiger partial charge is 0.351 e. The standard InChI is InChI=1S/C19H30N4O3S/c1-16-13-20-9-12-22(16)15-19(24)21-14-17-7-3-4-8-18(17)27(25,26)23-10-5-2-6-11-23/h3-4,7-8,16,20H,2,5-6,9-15H2,1H3,(H,21,24)/t16-/m0/s1. The van der Waals surface area contributed by atoms with E-state index in [9.17, 15) is 13.2 Å². The lowest BCUT2D eigenvalue weighted by molar-refractivity contribution is -0.123. The number of piperazine rings is 1. The molecule has 0 spiro atoms. The minimum absolute atomic E-state index is 0.0751. The molecule has 1 atom stereocenters. The first-order valence-corrected chi connectivity index (χ1v) is 11.2. The van der Waals surface area contributed by atoms with Gasteiger partial charge in [-0.2, -0.15) is 4.31 Å². The number of nitrogens with zero attached hydrogens (tertiary/aromatic N) is 2. The van der Waals surface area contributed by atoms with Gasteiger partial charge in [0.1, 0.15) is 0 Å². The number of amides is 1. The maximum absolute atomic E-state index is 13.0. The summed E-state index contributed by atoms with van der Waals surface area (Å²) in [7, 11) is -3.51. The van der Waals surface area contributed by atoms with E-state index in [-0.39, 0.29) is 12.5 Å². The van der Waals surface area contributed by atoms with Crippen LogP contribution in [0.1, 0.15) is 31.7 Å². The van der Waals surface area contributed by atoms with Crippen LogP contribution in [-0.4, -0.2) is 68.8 Å². The van der Waals surface area contributed by atoms with Gasteiger partial charge in [0.2, 0.25) is 15.9 Å². The van der Waals surface area contributed by atoms with Gasteiger partial charge in [-0.3, -0.25) is 9.69 Å². The number of rotatable bonds is 6. The van der Waals surface area contributed by atoms with Gasteiger partial charge in [-0.25, -0.2) is 8.42 Å². The summed E-state index contributed by atoms with van der Waals surface area (Å²) >= 11 is 0. The summed E-state index contributed by atoms with van der Waals surface area (Å²) in [6.45, 7) is 6.41. The molecule has 0 saturated carbocycles. The number of hydrogen-bond donors (Lipinski definition) is 2. The molecule has 27 heavy (non-hydrogen) atoms. The summed E-state index contributed by atoms with van der Waals surface area (Å²) in [6.07, 6.45) is 2.89. The predicted molar refractivity (Wildman–Crippen MR) is 105 cm³/mol. The highest BCUT2D eigenvalue weighted by molar-refractivity contribution is 7.89. The summed E-state index contributed by atoms with van der Waals surface area (Å²) in [5, 5.41) is 6.20. The molecule has 0 unspecified atom stereocenters. The molecule has 2 saturated heterocycles. The molecule has 3 rings (SSSR count). The molecule has 1 aromatic carbocycles. The van der Waals surface area contributed by atoms with Crippen molar-refractivity contribution in [2.24, 2.45) is 0 Å². The Labute approximate surface area is 162 Å². The van der Waals surface area contributed by atoms with Gasteiger partial charge < -0.3 is 10.6 Å². The second-order valence-corrected chi connectivity index (χ2v) is 9.28. The lowest BCUT2D eigenvalue weighted by Gasteiger charge is -2.33. The van der Waals surface area contributed by atoms with E-state index < -0.39 is 10.0 Å². The quantitative estimate of drug-likeness (QED) is 0.745. The molecule has 0 aliphatic carbocycles. The first kappa shape index (κ1) is 20.3. The first-order chi connectivity index (χ1) is 13.0. The second-order valence-electron chi connectivity index (χ2n) is 7.37. The highest BCUT2D eigenvalue weighted by Gasteiger charge is 2.28. The molecule has 7 nitrogen and oxygen atoms in total. The van der Waals surface area contributed by atoms with Crippen molar-refractivity contribution in [3.63, 3.8) is 0 Å². The van der Waals surface area contributed by atoms with E-state index in [1.54, 1.807) is 22.5 Å². The molecule has 8 heteroatoms. The number of sulfonamides is 1. The average Bonchev–Trinajstić information content (AvgIpc) is 2.69. The van der Waals surface area contributed by atoms with Crippen LogP contribution in [0.4, 0.5) is 0 Å². The molecule has 150 valence electrons.